The highest BCUT2D eigenvalue weighted by molar-refractivity contribution is 6.10. The van der Waals surface area contributed by atoms with E-state index in [0.717, 1.165) is 44.9 Å². The summed E-state index contributed by atoms with van der Waals surface area (Å²) in [5.41, 5.74) is 7.52. The zero-order chi connectivity index (χ0) is 27.8. The first kappa shape index (κ1) is 28.5. The van der Waals surface area contributed by atoms with Gasteiger partial charge in [-0.05, 0) is 50.2 Å². The van der Waals surface area contributed by atoms with E-state index in [9.17, 15) is 19.2 Å². The van der Waals surface area contributed by atoms with E-state index in [1.165, 1.54) is 0 Å². The Morgan fingerprint density at radius 2 is 1.62 bits per heavy atom. The van der Waals surface area contributed by atoms with Crippen molar-refractivity contribution in [2.45, 2.75) is 77.2 Å². The van der Waals surface area contributed by atoms with Crippen LogP contribution >= 0.6 is 0 Å². The highest BCUT2D eigenvalue weighted by atomic mass is 16.2. The molecule has 0 aromatic heterocycles. The highest BCUT2D eigenvalue weighted by Gasteiger charge is 2.37. The Morgan fingerprint density at radius 3 is 2.31 bits per heavy atom. The van der Waals surface area contributed by atoms with Gasteiger partial charge in [0.1, 0.15) is 6.04 Å². The van der Waals surface area contributed by atoms with Crippen LogP contribution in [0.5, 0.6) is 0 Å². The molecule has 1 saturated heterocycles. The largest absolute Gasteiger partial charge is 0.369 e. The summed E-state index contributed by atoms with van der Waals surface area (Å²) >= 11 is 0. The van der Waals surface area contributed by atoms with Gasteiger partial charge in [0.15, 0.2) is 5.78 Å². The standard InChI is InChI=1S/C32H41N3O4/c1-2-11-26(30(33)37)27(20-22-12-6-7-13-22)31(38)34-28-18-8-9-19-35(32(28)39)25-17-10-16-24(21-25)29(36)23-14-4-3-5-15-23/h3-5,10,14-17,21-22,26-28H,2,6-9,11-13,18-20H2,1H3,(H2,33,37)(H,34,38)/t26-,27+,28-/m0/s1. The van der Waals surface area contributed by atoms with Gasteiger partial charge in [0.25, 0.3) is 0 Å². The molecule has 1 aliphatic heterocycles. The lowest BCUT2D eigenvalue weighted by Gasteiger charge is -2.29. The van der Waals surface area contributed by atoms with Crippen molar-refractivity contribution >= 4 is 29.2 Å². The molecule has 0 spiro atoms. The van der Waals surface area contributed by atoms with Gasteiger partial charge in [-0.15, -0.1) is 0 Å². The Bertz CT molecular complexity index is 1160. The Kier molecular flexibility index (Phi) is 9.90. The van der Waals surface area contributed by atoms with Gasteiger partial charge >= 0.3 is 0 Å². The number of carbonyl (C=O) groups excluding carboxylic acids is 4. The molecule has 3 amide bonds. The summed E-state index contributed by atoms with van der Waals surface area (Å²) in [7, 11) is 0. The van der Waals surface area contributed by atoms with Crippen molar-refractivity contribution in [2.75, 3.05) is 11.4 Å². The monoisotopic (exact) mass is 531 g/mol. The molecule has 3 N–H and O–H groups in total. The number of nitrogens with zero attached hydrogens (tertiary/aromatic N) is 1. The number of primary amides is 1. The SMILES string of the molecule is CCC[C@H](C(N)=O)[C@@H](CC1CCCC1)C(=O)N[C@H]1CCCCN(c2cccc(C(=O)c3ccccc3)c2)C1=O. The van der Waals surface area contributed by atoms with E-state index in [2.05, 4.69) is 5.32 Å². The normalized spacial score (nSPS) is 19.8. The number of nitrogens with one attached hydrogen (secondary N) is 1. The lowest BCUT2D eigenvalue weighted by Crippen LogP contribution is -2.51. The molecule has 7 nitrogen and oxygen atoms in total. The number of hydrogen-bond donors (Lipinski definition) is 2. The van der Waals surface area contributed by atoms with Crippen molar-refractivity contribution in [2.24, 2.45) is 23.5 Å². The van der Waals surface area contributed by atoms with Crippen LogP contribution in [0.25, 0.3) is 0 Å². The van der Waals surface area contributed by atoms with Crippen LogP contribution in [0.2, 0.25) is 0 Å². The Morgan fingerprint density at radius 1 is 0.923 bits per heavy atom. The van der Waals surface area contributed by atoms with Crippen molar-refractivity contribution in [3.8, 4) is 0 Å². The van der Waals surface area contributed by atoms with Gasteiger partial charge in [0.2, 0.25) is 17.7 Å². The van der Waals surface area contributed by atoms with Gasteiger partial charge in [0.05, 0.1) is 0 Å². The van der Waals surface area contributed by atoms with Gasteiger partial charge in [-0.25, -0.2) is 0 Å². The van der Waals surface area contributed by atoms with Gasteiger partial charge in [-0.2, -0.15) is 0 Å². The number of carbonyl (C=O) groups is 4. The van der Waals surface area contributed by atoms with Crippen LogP contribution in [0.15, 0.2) is 54.6 Å². The molecular formula is C32H41N3O4. The Balaban J connectivity index is 1.53. The molecule has 2 aliphatic rings. The number of rotatable bonds is 11. The van der Waals surface area contributed by atoms with Crippen molar-refractivity contribution in [3.05, 3.63) is 65.7 Å². The number of ketones is 1. The molecule has 4 rings (SSSR count). The zero-order valence-electron chi connectivity index (χ0n) is 22.9. The third-order valence-electron chi connectivity index (χ3n) is 8.31. The lowest BCUT2D eigenvalue weighted by atomic mass is 9.80. The van der Waals surface area contributed by atoms with E-state index in [-0.39, 0.29) is 17.6 Å². The molecule has 2 aromatic rings. The summed E-state index contributed by atoms with van der Waals surface area (Å²) in [6.07, 6.45) is 8.50. The lowest BCUT2D eigenvalue weighted by molar-refractivity contribution is -0.136. The van der Waals surface area contributed by atoms with Crippen LogP contribution in [0, 0.1) is 17.8 Å². The summed E-state index contributed by atoms with van der Waals surface area (Å²) in [4.78, 5) is 54.6. The molecule has 1 saturated carbocycles. The zero-order valence-corrected chi connectivity index (χ0v) is 22.9. The second-order valence-corrected chi connectivity index (χ2v) is 11.1. The number of anilines is 1. The third kappa shape index (κ3) is 7.14. The molecule has 0 bridgehead atoms. The van der Waals surface area contributed by atoms with Crippen LogP contribution in [0.1, 0.15) is 87.1 Å². The number of amides is 3. The van der Waals surface area contributed by atoms with E-state index in [0.29, 0.717) is 48.5 Å². The molecule has 1 aliphatic carbocycles. The minimum atomic E-state index is -0.685. The molecule has 3 atom stereocenters. The summed E-state index contributed by atoms with van der Waals surface area (Å²) in [6, 6.07) is 15.5. The minimum Gasteiger partial charge on any atom is -0.369 e. The fourth-order valence-corrected chi connectivity index (χ4v) is 6.19. The molecule has 2 fully saturated rings. The fourth-order valence-electron chi connectivity index (χ4n) is 6.19. The van der Waals surface area contributed by atoms with Crippen molar-refractivity contribution in [1.82, 2.24) is 5.32 Å². The molecule has 39 heavy (non-hydrogen) atoms. The van der Waals surface area contributed by atoms with Gasteiger partial charge in [-0.3, -0.25) is 19.2 Å². The van der Waals surface area contributed by atoms with E-state index in [4.69, 9.17) is 5.73 Å². The van der Waals surface area contributed by atoms with Gasteiger partial charge in [0, 0.05) is 35.2 Å². The first-order valence-corrected chi connectivity index (χ1v) is 14.5. The van der Waals surface area contributed by atoms with E-state index < -0.39 is 23.8 Å². The minimum absolute atomic E-state index is 0.104. The molecule has 208 valence electrons. The first-order chi connectivity index (χ1) is 18.9. The maximum absolute atomic E-state index is 13.8. The molecule has 2 aromatic carbocycles. The number of nitrogens with two attached hydrogens (primary N) is 1. The number of hydrogen-bond acceptors (Lipinski definition) is 4. The highest BCUT2D eigenvalue weighted by Crippen LogP contribution is 2.34. The average Bonchev–Trinajstić information content (AvgIpc) is 3.40. The topological polar surface area (TPSA) is 110 Å². The van der Waals surface area contributed by atoms with E-state index in [1.807, 2.05) is 31.2 Å². The van der Waals surface area contributed by atoms with Crippen molar-refractivity contribution in [1.29, 1.82) is 0 Å². The Hall–Kier alpha value is -3.48. The molecule has 0 radical (unpaired) electrons. The summed E-state index contributed by atoms with van der Waals surface area (Å²) in [6.45, 7) is 2.50. The van der Waals surface area contributed by atoms with Crippen LogP contribution in [-0.2, 0) is 14.4 Å². The van der Waals surface area contributed by atoms with E-state index in [1.54, 1.807) is 35.2 Å². The summed E-state index contributed by atoms with van der Waals surface area (Å²) in [5, 5.41) is 3.03. The molecule has 0 unspecified atom stereocenters. The number of benzene rings is 2. The summed E-state index contributed by atoms with van der Waals surface area (Å²) in [5.74, 6) is -1.62. The predicted octanol–water partition coefficient (Wildman–Crippen LogP) is 5.02. The smallest absolute Gasteiger partial charge is 0.249 e. The molecule has 1 heterocycles. The van der Waals surface area contributed by atoms with Crippen molar-refractivity contribution in [3.63, 3.8) is 0 Å². The van der Waals surface area contributed by atoms with Crippen LogP contribution in [0.3, 0.4) is 0 Å². The van der Waals surface area contributed by atoms with Crippen LogP contribution in [-0.4, -0.2) is 36.1 Å². The average molecular weight is 532 g/mol. The predicted molar refractivity (Wildman–Crippen MR) is 152 cm³/mol. The first-order valence-electron chi connectivity index (χ1n) is 14.5. The van der Waals surface area contributed by atoms with Crippen LogP contribution in [0.4, 0.5) is 5.69 Å². The fraction of sp³-hybridized carbons (Fsp3) is 0.500. The van der Waals surface area contributed by atoms with Gasteiger partial charge in [-0.1, -0.05) is 81.5 Å². The second-order valence-electron chi connectivity index (χ2n) is 11.1. The third-order valence-corrected chi connectivity index (χ3v) is 8.31. The van der Waals surface area contributed by atoms with Crippen molar-refractivity contribution < 1.29 is 19.2 Å². The van der Waals surface area contributed by atoms with Crippen LogP contribution < -0.4 is 16.0 Å². The second kappa shape index (κ2) is 13.5. The van der Waals surface area contributed by atoms with E-state index >= 15 is 0 Å². The maximum Gasteiger partial charge on any atom is 0.249 e. The van der Waals surface area contributed by atoms with Gasteiger partial charge < -0.3 is 16.0 Å². The summed E-state index contributed by atoms with van der Waals surface area (Å²) < 4.78 is 0. The molecular weight excluding hydrogens is 490 g/mol. The molecule has 7 heteroatoms. The maximum atomic E-state index is 13.8. The quantitative estimate of drug-likeness (QED) is 0.397. The Labute approximate surface area is 231 Å².